The molecule has 0 unspecified atom stereocenters. The molecule has 2 saturated heterocycles. The molecule has 37 heavy (non-hydrogen) atoms. The molecular weight excluding hydrogens is 507 g/mol. The number of carbonyl (C=O) groups is 1. The third kappa shape index (κ3) is 4.94. The molecule has 0 radical (unpaired) electrons. The van der Waals surface area contributed by atoms with Crippen LogP contribution in [0, 0.1) is 17.6 Å². The van der Waals surface area contributed by atoms with Crippen LogP contribution >= 0.6 is 0 Å². The number of alkyl halides is 3. The Kier molecular flexibility index (Phi) is 7.32. The second-order valence-corrected chi connectivity index (χ2v) is 9.10. The molecule has 0 aliphatic carbocycles. The molecule has 2 N–H and O–H groups in total. The Balaban J connectivity index is 1.66. The van der Waals surface area contributed by atoms with Crippen LogP contribution in [0.5, 0.6) is 11.5 Å². The zero-order valence-corrected chi connectivity index (χ0v) is 20.0. The van der Waals surface area contributed by atoms with E-state index in [4.69, 9.17) is 18.9 Å². The van der Waals surface area contributed by atoms with E-state index in [9.17, 15) is 31.9 Å². The summed E-state index contributed by atoms with van der Waals surface area (Å²) >= 11 is 0. The molecule has 0 saturated carbocycles. The van der Waals surface area contributed by atoms with Crippen LogP contribution in [0.3, 0.4) is 0 Å². The molecule has 0 bridgehead atoms. The molecule has 2 aliphatic rings. The predicted octanol–water partition coefficient (Wildman–Crippen LogP) is 3.59. The van der Waals surface area contributed by atoms with Gasteiger partial charge in [-0.25, -0.2) is 4.39 Å². The van der Waals surface area contributed by atoms with Crippen molar-refractivity contribution in [1.82, 2.24) is 4.98 Å². The van der Waals surface area contributed by atoms with E-state index in [1.54, 1.807) is 0 Å². The number of aliphatic hydroxyl groups excluding tert-OH is 1. The van der Waals surface area contributed by atoms with Crippen molar-refractivity contribution in [3.63, 3.8) is 0 Å². The minimum absolute atomic E-state index is 0.0729. The van der Waals surface area contributed by atoms with Gasteiger partial charge in [-0.3, -0.25) is 9.78 Å². The number of anilines is 1. The first-order valence-electron chi connectivity index (χ1n) is 11.3. The van der Waals surface area contributed by atoms with Crippen LogP contribution in [-0.2, 0) is 14.3 Å². The first-order valence-corrected chi connectivity index (χ1v) is 11.3. The lowest BCUT2D eigenvalue weighted by atomic mass is 9.77. The van der Waals surface area contributed by atoms with E-state index in [1.807, 2.05) is 0 Å². The summed E-state index contributed by atoms with van der Waals surface area (Å²) in [6, 6.07) is 3.20. The van der Waals surface area contributed by atoms with Gasteiger partial charge < -0.3 is 29.4 Å². The van der Waals surface area contributed by atoms with Crippen LogP contribution in [0.25, 0.3) is 0 Å². The maximum absolute atomic E-state index is 14.5. The molecule has 2 aliphatic heterocycles. The minimum Gasteiger partial charge on any atom is -0.493 e. The average molecular weight is 532 g/mol. The number of carbonyl (C=O) groups excluding carboxylic acids is 1. The van der Waals surface area contributed by atoms with E-state index in [-0.39, 0.29) is 30.2 Å². The highest BCUT2D eigenvalue weighted by Crippen LogP contribution is 2.55. The SMILES string of the molecule is COc1c([C@H]2[C@H](C(=O)Nc3cncc(O[C@H]4COC[C@H]4O)c3)O[C@@](C)(C(F)(F)F)[C@H]2C)ccc(F)c1F. The highest BCUT2D eigenvalue weighted by molar-refractivity contribution is 5.95. The van der Waals surface area contributed by atoms with E-state index in [0.717, 1.165) is 26.2 Å². The molecule has 2 aromatic rings. The summed E-state index contributed by atoms with van der Waals surface area (Å²) in [5, 5.41) is 12.3. The molecule has 8 nitrogen and oxygen atoms in total. The van der Waals surface area contributed by atoms with E-state index in [0.29, 0.717) is 0 Å². The fourth-order valence-electron chi connectivity index (χ4n) is 4.62. The molecule has 6 atom stereocenters. The topological polar surface area (TPSA) is 99.1 Å². The number of hydrogen-bond acceptors (Lipinski definition) is 7. The molecule has 1 aromatic carbocycles. The lowest BCUT2D eigenvalue weighted by molar-refractivity contribution is -0.272. The lowest BCUT2D eigenvalue weighted by Crippen LogP contribution is -2.47. The van der Waals surface area contributed by atoms with Crippen molar-refractivity contribution < 1.29 is 50.8 Å². The largest absolute Gasteiger partial charge is 0.493 e. The first-order chi connectivity index (χ1) is 17.4. The van der Waals surface area contributed by atoms with Crippen LogP contribution in [0.2, 0.25) is 0 Å². The number of ether oxygens (including phenoxy) is 4. The van der Waals surface area contributed by atoms with Crippen molar-refractivity contribution in [2.24, 2.45) is 5.92 Å². The van der Waals surface area contributed by atoms with Crippen molar-refractivity contribution in [1.29, 1.82) is 0 Å². The number of hydrogen-bond donors (Lipinski definition) is 2. The van der Waals surface area contributed by atoms with Crippen LogP contribution < -0.4 is 14.8 Å². The first kappa shape index (κ1) is 27.0. The molecular formula is C24H25F5N2O6. The molecule has 1 amide bonds. The van der Waals surface area contributed by atoms with E-state index < -0.39 is 65.2 Å². The van der Waals surface area contributed by atoms with Crippen LogP contribution in [0.4, 0.5) is 27.6 Å². The number of aliphatic hydroxyl groups is 1. The second-order valence-electron chi connectivity index (χ2n) is 9.10. The molecule has 202 valence electrons. The Morgan fingerprint density at radius 3 is 2.59 bits per heavy atom. The molecule has 2 fully saturated rings. The highest BCUT2D eigenvalue weighted by atomic mass is 19.4. The van der Waals surface area contributed by atoms with E-state index in [1.165, 1.54) is 25.4 Å². The van der Waals surface area contributed by atoms with Gasteiger partial charge in [0, 0.05) is 23.5 Å². The fourth-order valence-corrected chi connectivity index (χ4v) is 4.62. The summed E-state index contributed by atoms with van der Waals surface area (Å²) in [5.41, 5.74) is -2.85. The maximum Gasteiger partial charge on any atom is 0.417 e. The Morgan fingerprint density at radius 1 is 1.24 bits per heavy atom. The van der Waals surface area contributed by atoms with Gasteiger partial charge in [-0.2, -0.15) is 17.6 Å². The zero-order chi connectivity index (χ0) is 27.1. The molecule has 13 heteroatoms. The van der Waals surface area contributed by atoms with Gasteiger partial charge in [-0.15, -0.1) is 0 Å². The van der Waals surface area contributed by atoms with Crippen molar-refractivity contribution in [2.45, 2.75) is 49.9 Å². The van der Waals surface area contributed by atoms with Gasteiger partial charge in [0.2, 0.25) is 5.82 Å². The Labute approximate surface area is 208 Å². The summed E-state index contributed by atoms with van der Waals surface area (Å²) in [6.07, 6.45) is -5.60. The Bertz CT molecular complexity index is 1160. The summed E-state index contributed by atoms with van der Waals surface area (Å²) in [5.74, 6) is -6.80. The third-order valence-electron chi connectivity index (χ3n) is 6.84. The number of nitrogens with one attached hydrogen (secondary N) is 1. The quantitative estimate of drug-likeness (QED) is 0.549. The van der Waals surface area contributed by atoms with Gasteiger partial charge in [-0.05, 0) is 13.0 Å². The number of benzene rings is 1. The van der Waals surface area contributed by atoms with Gasteiger partial charge in [0.15, 0.2) is 17.2 Å². The standard InChI is InChI=1S/C24H25F5N2O6/c1-11-18(14-4-5-15(25)19(26)20(14)34-3)21(37-23(11,2)24(27,28)29)22(33)31-12-6-13(8-30-7-12)36-17-10-35-9-16(17)32/h4-8,11,16-18,21,32H,9-10H2,1-3H3,(H,31,33)/t11-,16+,17-,18-,21+,23+/m0/s1. The third-order valence-corrected chi connectivity index (χ3v) is 6.84. The summed E-state index contributed by atoms with van der Waals surface area (Å²) < 4.78 is 91.6. The summed E-state index contributed by atoms with van der Waals surface area (Å²) in [4.78, 5) is 17.2. The average Bonchev–Trinajstić information content (AvgIpc) is 3.36. The van der Waals surface area contributed by atoms with Gasteiger partial charge in [0.1, 0.15) is 24.1 Å². The number of nitrogens with zero attached hydrogens (tertiary/aromatic N) is 1. The van der Waals surface area contributed by atoms with Gasteiger partial charge >= 0.3 is 6.18 Å². The number of rotatable bonds is 6. The smallest absolute Gasteiger partial charge is 0.417 e. The van der Waals surface area contributed by atoms with Gasteiger partial charge in [-0.1, -0.05) is 13.0 Å². The van der Waals surface area contributed by atoms with Crippen molar-refractivity contribution in [3.05, 3.63) is 47.8 Å². The fraction of sp³-hybridized carbons (Fsp3) is 0.500. The van der Waals surface area contributed by atoms with E-state index in [2.05, 4.69) is 10.3 Å². The molecule has 4 rings (SSSR count). The minimum atomic E-state index is -4.88. The maximum atomic E-state index is 14.5. The van der Waals surface area contributed by atoms with Crippen LogP contribution in [0.15, 0.2) is 30.6 Å². The number of aromatic nitrogens is 1. The van der Waals surface area contributed by atoms with Gasteiger partial charge in [0.25, 0.3) is 5.91 Å². The molecule has 3 heterocycles. The summed E-state index contributed by atoms with van der Waals surface area (Å²) in [7, 11) is 1.04. The monoisotopic (exact) mass is 532 g/mol. The number of halogens is 5. The van der Waals surface area contributed by atoms with Crippen molar-refractivity contribution in [2.75, 3.05) is 25.6 Å². The molecule has 0 spiro atoms. The highest BCUT2D eigenvalue weighted by Gasteiger charge is 2.66. The van der Waals surface area contributed by atoms with Gasteiger partial charge in [0.05, 0.1) is 38.4 Å². The Morgan fingerprint density at radius 2 is 1.97 bits per heavy atom. The van der Waals surface area contributed by atoms with E-state index >= 15 is 0 Å². The summed E-state index contributed by atoms with van der Waals surface area (Å²) in [6.45, 7) is 2.25. The number of pyridine rings is 1. The molecule has 1 aromatic heterocycles. The Hall–Kier alpha value is -3.03. The second kappa shape index (κ2) is 10.0. The van der Waals surface area contributed by atoms with Crippen molar-refractivity contribution in [3.8, 4) is 11.5 Å². The van der Waals surface area contributed by atoms with Crippen molar-refractivity contribution >= 4 is 11.6 Å². The van der Waals surface area contributed by atoms with Crippen LogP contribution in [0.1, 0.15) is 25.3 Å². The number of methoxy groups -OCH3 is 1. The van der Waals surface area contributed by atoms with Crippen LogP contribution in [-0.4, -0.2) is 66.4 Å². The normalized spacial score (nSPS) is 29.8. The predicted molar refractivity (Wildman–Crippen MR) is 118 cm³/mol. The number of amides is 1. The lowest BCUT2D eigenvalue weighted by Gasteiger charge is -2.32. The zero-order valence-electron chi connectivity index (χ0n) is 20.0.